The monoisotopic (exact) mass is 307 g/mol. The number of hydrogen-bond acceptors (Lipinski definition) is 3. The first-order valence-corrected chi connectivity index (χ1v) is 8.92. The zero-order valence-electron chi connectivity index (χ0n) is 13.8. The van der Waals surface area contributed by atoms with Gasteiger partial charge in [-0.05, 0) is 25.2 Å². The molecule has 0 N–H and O–H groups in total. The van der Waals surface area contributed by atoms with Gasteiger partial charge in [-0.1, -0.05) is 19.3 Å². The van der Waals surface area contributed by atoms with Crippen LogP contribution in [0.4, 0.5) is 0 Å². The van der Waals surface area contributed by atoms with Crippen LogP contribution in [0.3, 0.4) is 0 Å². The molecule has 1 aliphatic carbocycles. The number of nitrogens with zero attached hydrogens (tertiary/aromatic N) is 3. The predicted octanol–water partition coefficient (Wildman–Crippen LogP) is 1.33. The highest BCUT2D eigenvalue weighted by Gasteiger charge is 2.36. The minimum absolute atomic E-state index is 0.0561. The molecule has 1 atom stereocenters. The molecule has 3 fully saturated rings. The molecule has 2 saturated heterocycles. The fourth-order valence-electron chi connectivity index (χ4n) is 4.19. The molecule has 0 aromatic rings. The van der Waals surface area contributed by atoms with Gasteiger partial charge in [0, 0.05) is 46.2 Å². The lowest BCUT2D eigenvalue weighted by atomic mass is 9.86. The van der Waals surface area contributed by atoms with Gasteiger partial charge in [-0.25, -0.2) is 0 Å². The summed E-state index contributed by atoms with van der Waals surface area (Å²) < 4.78 is 0. The van der Waals surface area contributed by atoms with Crippen molar-refractivity contribution in [2.75, 3.05) is 39.8 Å². The van der Waals surface area contributed by atoms with Gasteiger partial charge in [0.05, 0.1) is 6.04 Å². The standard InChI is InChI=1S/C17H29N3O2/c1-18-8-7-15(17(18)22)19-9-11-20(12-10-19)16(21)13-14-5-3-2-4-6-14/h14-15H,2-13H2,1H3/t15-/m1/s1. The molecule has 5 heteroatoms. The Hall–Kier alpha value is -1.10. The molecule has 2 amide bonds. The summed E-state index contributed by atoms with van der Waals surface area (Å²) >= 11 is 0. The van der Waals surface area contributed by atoms with Crippen LogP contribution in [-0.4, -0.2) is 72.3 Å². The van der Waals surface area contributed by atoms with Gasteiger partial charge in [0.2, 0.25) is 11.8 Å². The zero-order chi connectivity index (χ0) is 15.5. The van der Waals surface area contributed by atoms with Crippen LogP contribution >= 0.6 is 0 Å². The Morgan fingerprint density at radius 1 is 1.00 bits per heavy atom. The second kappa shape index (κ2) is 6.99. The number of rotatable bonds is 3. The van der Waals surface area contributed by atoms with Crippen molar-refractivity contribution in [1.29, 1.82) is 0 Å². The van der Waals surface area contributed by atoms with Gasteiger partial charge in [0.25, 0.3) is 0 Å². The van der Waals surface area contributed by atoms with E-state index in [0.29, 0.717) is 11.8 Å². The lowest BCUT2D eigenvalue weighted by molar-refractivity contribution is -0.136. The van der Waals surface area contributed by atoms with Crippen LogP contribution in [-0.2, 0) is 9.59 Å². The molecule has 22 heavy (non-hydrogen) atoms. The molecule has 2 heterocycles. The van der Waals surface area contributed by atoms with Crippen LogP contribution in [0.15, 0.2) is 0 Å². The van der Waals surface area contributed by atoms with Crippen molar-refractivity contribution < 1.29 is 9.59 Å². The molecule has 0 spiro atoms. The highest BCUT2D eigenvalue weighted by molar-refractivity contribution is 5.83. The number of carbonyl (C=O) groups excluding carboxylic acids is 2. The van der Waals surface area contributed by atoms with Crippen molar-refractivity contribution in [3.05, 3.63) is 0 Å². The summed E-state index contributed by atoms with van der Waals surface area (Å²) in [4.78, 5) is 30.7. The summed E-state index contributed by atoms with van der Waals surface area (Å²) in [5.41, 5.74) is 0. The largest absolute Gasteiger partial charge is 0.344 e. The molecule has 2 aliphatic heterocycles. The maximum Gasteiger partial charge on any atom is 0.239 e. The summed E-state index contributed by atoms with van der Waals surface area (Å²) in [5, 5.41) is 0. The summed E-state index contributed by atoms with van der Waals surface area (Å²) in [6.07, 6.45) is 8.07. The van der Waals surface area contributed by atoms with Crippen LogP contribution in [0.25, 0.3) is 0 Å². The third-order valence-corrected chi connectivity index (χ3v) is 5.70. The van der Waals surface area contributed by atoms with Crippen LogP contribution in [0.1, 0.15) is 44.9 Å². The van der Waals surface area contributed by atoms with E-state index in [0.717, 1.165) is 45.6 Å². The lowest BCUT2D eigenvalue weighted by Gasteiger charge is -2.37. The van der Waals surface area contributed by atoms with Crippen molar-refractivity contribution in [2.45, 2.75) is 51.0 Å². The first-order chi connectivity index (χ1) is 10.6. The molecule has 124 valence electrons. The first kappa shape index (κ1) is 15.8. The van der Waals surface area contributed by atoms with E-state index in [1.807, 2.05) is 16.8 Å². The van der Waals surface area contributed by atoms with Crippen LogP contribution < -0.4 is 0 Å². The minimum Gasteiger partial charge on any atom is -0.344 e. The third kappa shape index (κ3) is 3.45. The van der Waals surface area contributed by atoms with Crippen molar-refractivity contribution in [3.8, 4) is 0 Å². The molecule has 3 aliphatic rings. The van der Waals surface area contributed by atoms with E-state index in [9.17, 15) is 9.59 Å². The highest BCUT2D eigenvalue weighted by Crippen LogP contribution is 2.27. The second-order valence-electron chi connectivity index (χ2n) is 7.19. The summed E-state index contributed by atoms with van der Waals surface area (Å²) in [6.45, 7) is 4.14. The first-order valence-electron chi connectivity index (χ1n) is 8.92. The topological polar surface area (TPSA) is 43.9 Å². The van der Waals surface area contributed by atoms with E-state index < -0.39 is 0 Å². The maximum atomic E-state index is 12.4. The van der Waals surface area contributed by atoms with Crippen molar-refractivity contribution in [3.63, 3.8) is 0 Å². The quantitative estimate of drug-likeness (QED) is 0.790. The van der Waals surface area contributed by atoms with E-state index in [4.69, 9.17) is 0 Å². The zero-order valence-corrected chi connectivity index (χ0v) is 13.8. The number of carbonyl (C=O) groups is 2. The summed E-state index contributed by atoms with van der Waals surface area (Å²) in [7, 11) is 1.88. The molecule has 0 aromatic carbocycles. The number of likely N-dealkylation sites (tertiary alicyclic amines) is 1. The van der Waals surface area contributed by atoms with Crippen molar-refractivity contribution >= 4 is 11.8 Å². The Morgan fingerprint density at radius 3 is 2.27 bits per heavy atom. The number of hydrogen-bond donors (Lipinski definition) is 0. The van der Waals surface area contributed by atoms with Crippen molar-refractivity contribution in [2.24, 2.45) is 5.92 Å². The number of amides is 2. The molecule has 3 rings (SSSR count). The lowest BCUT2D eigenvalue weighted by Crippen LogP contribution is -2.53. The molecule has 0 aromatic heterocycles. The van der Waals surface area contributed by atoms with Crippen LogP contribution in [0.2, 0.25) is 0 Å². The second-order valence-corrected chi connectivity index (χ2v) is 7.19. The molecule has 5 nitrogen and oxygen atoms in total. The molecule has 0 bridgehead atoms. The Balaban J connectivity index is 1.45. The van der Waals surface area contributed by atoms with E-state index in [2.05, 4.69) is 4.90 Å². The SMILES string of the molecule is CN1CC[C@@H](N2CCN(C(=O)CC3CCCCC3)CC2)C1=O. The van der Waals surface area contributed by atoms with Gasteiger partial charge in [-0.2, -0.15) is 0 Å². The van der Waals surface area contributed by atoms with E-state index in [1.54, 1.807) is 0 Å². The maximum absolute atomic E-state index is 12.4. The fourth-order valence-corrected chi connectivity index (χ4v) is 4.19. The molecule has 0 radical (unpaired) electrons. The average molecular weight is 307 g/mol. The van der Waals surface area contributed by atoms with Crippen LogP contribution in [0, 0.1) is 5.92 Å². The van der Waals surface area contributed by atoms with E-state index in [-0.39, 0.29) is 11.9 Å². The highest BCUT2D eigenvalue weighted by atomic mass is 16.2. The van der Waals surface area contributed by atoms with E-state index in [1.165, 1.54) is 32.1 Å². The van der Waals surface area contributed by atoms with Crippen LogP contribution in [0.5, 0.6) is 0 Å². The Labute approximate surface area is 133 Å². The minimum atomic E-state index is 0.0561. The van der Waals surface area contributed by atoms with Gasteiger partial charge < -0.3 is 9.80 Å². The van der Waals surface area contributed by atoms with E-state index >= 15 is 0 Å². The molecular formula is C17H29N3O2. The van der Waals surface area contributed by atoms with Gasteiger partial charge >= 0.3 is 0 Å². The average Bonchev–Trinajstić information content (AvgIpc) is 2.88. The Morgan fingerprint density at radius 2 is 1.68 bits per heavy atom. The molecular weight excluding hydrogens is 278 g/mol. The molecule has 0 unspecified atom stereocenters. The number of likely N-dealkylation sites (N-methyl/N-ethyl adjacent to an activating group) is 1. The van der Waals surface area contributed by atoms with Gasteiger partial charge in [-0.3, -0.25) is 14.5 Å². The normalized spacial score (nSPS) is 28.4. The Kier molecular flexibility index (Phi) is 5.01. The third-order valence-electron chi connectivity index (χ3n) is 5.70. The van der Waals surface area contributed by atoms with Gasteiger partial charge in [-0.15, -0.1) is 0 Å². The fraction of sp³-hybridized carbons (Fsp3) is 0.882. The predicted molar refractivity (Wildman–Crippen MR) is 85.4 cm³/mol. The summed E-state index contributed by atoms with van der Waals surface area (Å²) in [5.74, 6) is 1.20. The van der Waals surface area contributed by atoms with Gasteiger partial charge in [0.15, 0.2) is 0 Å². The Bertz CT molecular complexity index is 412. The summed E-state index contributed by atoms with van der Waals surface area (Å²) in [6, 6.07) is 0.0561. The molecule has 1 saturated carbocycles. The van der Waals surface area contributed by atoms with Crippen molar-refractivity contribution in [1.82, 2.24) is 14.7 Å². The van der Waals surface area contributed by atoms with Gasteiger partial charge in [0.1, 0.15) is 0 Å². The number of piperazine rings is 1. The smallest absolute Gasteiger partial charge is 0.239 e.